The Hall–Kier alpha value is -3.60. The number of nitrogens with zero attached hydrogens (tertiary/aromatic N) is 3. The minimum atomic E-state index is -3.75. The summed E-state index contributed by atoms with van der Waals surface area (Å²) >= 11 is 0. The van der Waals surface area contributed by atoms with Gasteiger partial charge in [-0.05, 0) is 67.4 Å². The minimum absolute atomic E-state index is 0.143. The van der Waals surface area contributed by atoms with E-state index in [1.807, 2.05) is 18.2 Å². The zero-order valence-electron chi connectivity index (χ0n) is 21.4. The molecule has 0 saturated carbocycles. The highest BCUT2D eigenvalue weighted by atomic mass is 32.2. The van der Waals surface area contributed by atoms with Crippen molar-refractivity contribution in [2.45, 2.75) is 50.0 Å². The molecule has 1 atom stereocenters. The highest BCUT2D eigenvalue weighted by Gasteiger charge is 2.16. The number of unbranched alkanes of at least 4 members (excludes halogenated alkanes) is 2. The van der Waals surface area contributed by atoms with E-state index in [1.165, 1.54) is 12.1 Å². The molecule has 0 spiro atoms. The largest absolute Gasteiger partial charge is 0.387 e. The molecule has 2 heterocycles. The number of hydrogen-bond donors (Lipinski definition) is 3. The van der Waals surface area contributed by atoms with E-state index in [1.54, 1.807) is 42.7 Å². The van der Waals surface area contributed by atoms with Crippen molar-refractivity contribution in [3.63, 3.8) is 0 Å². The van der Waals surface area contributed by atoms with Gasteiger partial charge in [-0.3, -0.25) is 9.71 Å². The van der Waals surface area contributed by atoms with Crippen LogP contribution in [0.4, 0.5) is 5.69 Å². The van der Waals surface area contributed by atoms with Crippen molar-refractivity contribution in [1.29, 1.82) is 0 Å². The summed E-state index contributed by atoms with van der Waals surface area (Å²) in [7, 11) is -3.75. The summed E-state index contributed by atoms with van der Waals surface area (Å²) in [6.07, 6.45) is 7.45. The van der Waals surface area contributed by atoms with Gasteiger partial charge in [0.25, 0.3) is 15.9 Å². The van der Waals surface area contributed by atoms with Gasteiger partial charge in [-0.25, -0.2) is 8.42 Å². The molecule has 4 aromatic rings. The number of aliphatic hydroxyl groups is 1. The zero-order chi connectivity index (χ0) is 26.8. The highest BCUT2D eigenvalue weighted by molar-refractivity contribution is 7.92. The maximum absolute atomic E-state index is 12.9. The highest BCUT2D eigenvalue weighted by Crippen LogP contribution is 2.22. The number of anilines is 1. The molecule has 10 heteroatoms. The van der Waals surface area contributed by atoms with Gasteiger partial charge in [0.1, 0.15) is 0 Å². The molecular weight excluding hydrogens is 502 g/mol. The van der Waals surface area contributed by atoms with E-state index < -0.39 is 16.1 Å². The van der Waals surface area contributed by atoms with E-state index >= 15 is 0 Å². The Kier molecular flexibility index (Phi) is 9.58. The lowest BCUT2D eigenvalue weighted by Gasteiger charge is -2.12. The van der Waals surface area contributed by atoms with Crippen LogP contribution in [0.2, 0.25) is 0 Å². The summed E-state index contributed by atoms with van der Waals surface area (Å²) in [4.78, 5) is 8.57. The predicted molar refractivity (Wildman–Crippen MR) is 146 cm³/mol. The molecule has 0 radical (unpaired) electrons. The first-order chi connectivity index (χ1) is 18.4. The van der Waals surface area contributed by atoms with Crippen molar-refractivity contribution in [2.24, 2.45) is 0 Å². The fraction of sp³-hybridized carbons (Fsp3) is 0.321. The summed E-state index contributed by atoms with van der Waals surface area (Å²) in [5.74, 6) is 1.04. The molecule has 1 unspecified atom stereocenters. The van der Waals surface area contributed by atoms with Gasteiger partial charge in [0, 0.05) is 42.2 Å². The van der Waals surface area contributed by atoms with Gasteiger partial charge in [0.05, 0.1) is 11.0 Å². The molecule has 38 heavy (non-hydrogen) atoms. The first-order valence-electron chi connectivity index (χ1n) is 12.8. The molecule has 200 valence electrons. The van der Waals surface area contributed by atoms with E-state index in [0.717, 1.165) is 43.2 Å². The van der Waals surface area contributed by atoms with E-state index in [4.69, 9.17) is 4.52 Å². The Morgan fingerprint density at radius 1 is 1.00 bits per heavy atom. The predicted octanol–water partition coefficient (Wildman–Crippen LogP) is 4.53. The number of nitrogens with one attached hydrogen (secondary N) is 2. The molecule has 0 saturated heterocycles. The fourth-order valence-electron chi connectivity index (χ4n) is 3.90. The van der Waals surface area contributed by atoms with Crippen LogP contribution >= 0.6 is 0 Å². The molecular formula is C28H33N5O4S. The molecule has 0 aliphatic heterocycles. The second-order valence-electron chi connectivity index (χ2n) is 9.06. The van der Waals surface area contributed by atoms with Crippen LogP contribution in [0.15, 0.2) is 82.5 Å². The third-order valence-corrected chi connectivity index (χ3v) is 7.48. The van der Waals surface area contributed by atoms with E-state index in [9.17, 15) is 13.5 Å². The number of aliphatic hydroxyl groups excluding tert-OH is 1. The number of hydrogen-bond acceptors (Lipinski definition) is 8. The molecule has 0 aliphatic rings. The Balaban J connectivity index is 1.27. The number of rotatable bonds is 14. The van der Waals surface area contributed by atoms with Gasteiger partial charge >= 0.3 is 0 Å². The molecule has 3 N–H and O–H groups in total. The lowest BCUT2D eigenvalue weighted by molar-refractivity contribution is 0.174. The standard InChI is InChI=1S/C28H33N5O4S/c1-2-3-4-7-27-31-28(37-32-27)22-10-14-25(15-11-22)38(35,36)33-24-12-8-21(9-13-24)16-18-30-20-26(34)23-6-5-17-29-19-23/h5-6,8-15,17,19,26,30,33-34H,2-4,7,16,18,20H2,1H3. The topological polar surface area (TPSA) is 130 Å². The number of aromatic nitrogens is 3. The maximum atomic E-state index is 12.9. The molecule has 2 aromatic carbocycles. The lowest BCUT2D eigenvalue weighted by Crippen LogP contribution is -2.23. The van der Waals surface area contributed by atoms with Gasteiger partial charge in [-0.2, -0.15) is 4.98 Å². The van der Waals surface area contributed by atoms with Crippen LogP contribution in [0, 0.1) is 0 Å². The van der Waals surface area contributed by atoms with Crippen LogP contribution in [0.5, 0.6) is 0 Å². The number of aryl methyl sites for hydroxylation is 1. The zero-order valence-corrected chi connectivity index (χ0v) is 22.2. The lowest BCUT2D eigenvalue weighted by atomic mass is 10.1. The second kappa shape index (κ2) is 13.3. The number of pyridine rings is 1. The summed E-state index contributed by atoms with van der Waals surface area (Å²) in [5, 5.41) is 17.4. The summed E-state index contributed by atoms with van der Waals surface area (Å²) in [6.45, 7) is 3.24. The van der Waals surface area contributed by atoms with Gasteiger partial charge in [-0.1, -0.05) is 43.1 Å². The quantitative estimate of drug-likeness (QED) is 0.201. The molecule has 0 aliphatic carbocycles. The minimum Gasteiger partial charge on any atom is -0.387 e. The summed E-state index contributed by atoms with van der Waals surface area (Å²) in [6, 6.07) is 17.3. The van der Waals surface area contributed by atoms with E-state index in [2.05, 4.69) is 32.1 Å². The van der Waals surface area contributed by atoms with Crippen molar-refractivity contribution in [3.8, 4) is 11.5 Å². The van der Waals surface area contributed by atoms with E-state index in [0.29, 0.717) is 36.1 Å². The summed E-state index contributed by atoms with van der Waals surface area (Å²) in [5.41, 5.74) is 2.97. The summed E-state index contributed by atoms with van der Waals surface area (Å²) < 4.78 is 33.7. The van der Waals surface area contributed by atoms with E-state index in [-0.39, 0.29) is 4.90 Å². The van der Waals surface area contributed by atoms with Crippen LogP contribution < -0.4 is 10.0 Å². The Morgan fingerprint density at radius 2 is 1.79 bits per heavy atom. The van der Waals surface area contributed by atoms with Crippen LogP contribution in [-0.2, 0) is 22.9 Å². The molecule has 0 fully saturated rings. The van der Waals surface area contributed by atoms with Crippen molar-refractivity contribution >= 4 is 15.7 Å². The monoisotopic (exact) mass is 535 g/mol. The van der Waals surface area contributed by atoms with Crippen LogP contribution in [0.3, 0.4) is 0 Å². The third-order valence-electron chi connectivity index (χ3n) is 6.09. The number of benzene rings is 2. The second-order valence-corrected chi connectivity index (χ2v) is 10.7. The fourth-order valence-corrected chi connectivity index (χ4v) is 4.96. The molecule has 9 nitrogen and oxygen atoms in total. The third kappa shape index (κ3) is 7.70. The van der Waals surface area contributed by atoms with Crippen LogP contribution in [-0.4, -0.2) is 41.7 Å². The van der Waals surface area contributed by atoms with Gasteiger partial charge < -0.3 is 14.9 Å². The first-order valence-corrected chi connectivity index (χ1v) is 14.3. The van der Waals surface area contributed by atoms with Crippen LogP contribution in [0.1, 0.15) is 49.2 Å². The van der Waals surface area contributed by atoms with Crippen molar-refractivity contribution in [2.75, 3.05) is 17.8 Å². The molecule has 2 aromatic heterocycles. The smallest absolute Gasteiger partial charge is 0.261 e. The molecule has 0 bridgehead atoms. The van der Waals surface area contributed by atoms with Gasteiger partial charge in [0.2, 0.25) is 0 Å². The molecule has 4 rings (SSSR count). The maximum Gasteiger partial charge on any atom is 0.261 e. The average Bonchev–Trinajstić information content (AvgIpc) is 3.41. The van der Waals surface area contributed by atoms with Crippen molar-refractivity contribution < 1.29 is 18.0 Å². The first kappa shape index (κ1) is 27.4. The normalized spacial score (nSPS) is 12.4. The van der Waals surface area contributed by atoms with Crippen molar-refractivity contribution in [1.82, 2.24) is 20.4 Å². The Labute approximate surface area is 223 Å². The SMILES string of the molecule is CCCCCc1noc(-c2ccc(S(=O)(=O)Nc3ccc(CCNCC(O)c4cccnc4)cc3)cc2)n1. The Bertz CT molecular complexity index is 1380. The van der Waals surface area contributed by atoms with Gasteiger partial charge in [-0.15, -0.1) is 0 Å². The average molecular weight is 536 g/mol. The van der Waals surface area contributed by atoms with Gasteiger partial charge in [0.15, 0.2) is 5.82 Å². The molecule has 0 amide bonds. The van der Waals surface area contributed by atoms with Crippen molar-refractivity contribution in [3.05, 3.63) is 90.0 Å². The van der Waals surface area contributed by atoms with Crippen LogP contribution in [0.25, 0.3) is 11.5 Å². The Morgan fingerprint density at radius 3 is 2.50 bits per heavy atom. The number of sulfonamides is 1.